The van der Waals surface area contributed by atoms with Gasteiger partial charge in [0.15, 0.2) is 0 Å². The number of likely N-dealkylation sites (tertiary alicyclic amines) is 1. The molecule has 0 unspecified atom stereocenters. The zero-order valence-corrected chi connectivity index (χ0v) is 13.4. The normalized spacial score (nSPS) is 15.6. The summed E-state index contributed by atoms with van der Waals surface area (Å²) < 4.78 is 4.88. The molecule has 0 aromatic heterocycles. The number of rotatable bonds is 5. The third kappa shape index (κ3) is 4.45. The van der Waals surface area contributed by atoms with Crippen LogP contribution in [0.3, 0.4) is 0 Å². The Morgan fingerprint density at radius 1 is 1.32 bits per heavy atom. The highest BCUT2D eigenvalue weighted by Gasteiger charge is 2.25. The second kappa shape index (κ2) is 8.15. The van der Waals surface area contributed by atoms with Crippen LogP contribution in [-0.4, -0.2) is 49.6 Å². The van der Waals surface area contributed by atoms with Gasteiger partial charge in [-0.2, -0.15) is 0 Å². The van der Waals surface area contributed by atoms with E-state index in [1.165, 1.54) is 0 Å². The van der Waals surface area contributed by atoms with Gasteiger partial charge in [-0.05, 0) is 25.0 Å². The highest BCUT2D eigenvalue weighted by atomic mass is 35.5. The molecule has 6 heteroatoms. The zero-order chi connectivity index (χ0) is 15.9. The van der Waals surface area contributed by atoms with E-state index in [0.717, 1.165) is 12.8 Å². The van der Waals surface area contributed by atoms with Gasteiger partial charge in [0.2, 0.25) is 5.91 Å². The molecule has 1 fully saturated rings. The van der Waals surface area contributed by atoms with Crippen LogP contribution in [0.2, 0.25) is 5.02 Å². The van der Waals surface area contributed by atoms with Crippen molar-refractivity contribution in [3.05, 3.63) is 34.9 Å². The van der Waals surface area contributed by atoms with Crippen molar-refractivity contribution in [2.75, 3.05) is 26.8 Å². The second-order valence-electron chi connectivity index (χ2n) is 5.36. The molecule has 2 rings (SSSR count). The van der Waals surface area contributed by atoms with E-state index in [-0.39, 0.29) is 17.9 Å². The summed E-state index contributed by atoms with van der Waals surface area (Å²) in [4.78, 5) is 25.9. The Hall–Kier alpha value is -1.59. The number of methoxy groups -OCH3 is 1. The van der Waals surface area contributed by atoms with Crippen LogP contribution >= 0.6 is 11.6 Å². The summed E-state index contributed by atoms with van der Waals surface area (Å²) in [6.07, 6.45) is 1.89. The minimum absolute atomic E-state index is 0.00210. The lowest BCUT2D eigenvalue weighted by Gasteiger charge is -2.32. The van der Waals surface area contributed by atoms with Gasteiger partial charge in [0.05, 0.1) is 17.2 Å². The van der Waals surface area contributed by atoms with E-state index in [9.17, 15) is 9.59 Å². The van der Waals surface area contributed by atoms with Crippen molar-refractivity contribution in [3.8, 4) is 0 Å². The average Bonchev–Trinajstić information content (AvgIpc) is 2.53. The van der Waals surface area contributed by atoms with Crippen LogP contribution in [0.4, 0.5) is 0 Å². The quantitative estimate of drug-likeness (QED) is 0.902. The third-order valence-corrected chi connectivity index (χ3v) is 4.11. The van der Waals surface area contributed by atoms with Gasteiger partial charge in [0.25, 0.3) is 5.91 Å². The summed E-state index contributed by atoms with van der Waals surface area (Å²) in [6.45, 7) is 1.67. The third-order valence-electron chi connectivity index (χ3n) is 3.78. The first-order valence-corrected chi connectivity index (χ1v) is 7.81. The molecule has 2 amide bonds. The molecule has 0 saturated carbocycles. The zero-order valence-electron chi connectivity index (χ0n) is 12.7. The van der Waals surface area contributed by atoms with Gasteiger partial charge >= 0.3 is 0 Å². The molecule has 1 aliphatic rings. The fraction of sp³-hybridized carbons (Fsp3) is 0.500. The van der Waals surface area contributed by atoms with Crippen LogP contribution in [0.1, 0.15) is 29.6 Å². The highest BCUT2D eigenvalue weighted by molar-refractivity contribution is 6.33. The molecule has 1 aromatic carbocycles. The van der Waals surface area contributed by atoms with Crippen molar-refractivity contribution in [1.82, 2.24) is 10.2 Å². The molecular formula is C16H21ClN2O3. The van der Waals surface area contributed by atoms with E-state index in [1.54, 1.807) is 30.2 Å². The summed E-state index contributed by atoms with van der Waals surface area (Å²) >= 11 is 6.07. The van der Waals surface area contributed by atoms with E-state index < -0.39 is 0 Å². The molecule has 22 heavy (non-hydrogen) atoms. The van der Waals surface area contributed by atoms with Crippen LogP contribution in [0.15, 0.2) is 24.3 Å². The van der Waals surface area contributed by atoms with Crippen LogP contribution in [0.5, 0.6) is 0 Å². The van der Waals surface area contributed by atoms with Crippen molar-refractivity contribution in [2.24, 2.45) is 0 Å². The summed E-state index contributed by atoms with van der Waals surface area (Å²) in [6, 6.07) is 7.20. The van der Waals surface area contributed by atoms with Crippen molar-refractivity contribution in [2.45, 2.75) is 25.3 Å². The predicted octanol–water partition coefficient (Wildman–Crippen LogP) is 2.10. The maximum absolute atomic E-state index is 12.4. The molecule has 0 atom stereocenters. The highest BCUT2D eigenvalue weighted by Crippen LogP contribution is 2.20. The van der Waals surface area contributed by atoms with Crippen LogP contribution in [0, 0.1) is 0 Å². The van der Waals surface area contributed by atoms with Gasteiger partial charge in [-0.3, -0.25) is 9.59 Å². The number of nitrogens with zero attached hydrogens (tertiary/aromatic N) is 1. The Balaban J connectivity index is 1.83. The smallest absolute Gasteiger partial charge is 0.255 e. The lowest BCUT2D eigenvalue weighted by Crippen LogP contribution is -2.46. The number of amides is 2. The molecule has 1 saturated heterocycles. The largest absolute Gasteiger partial charge is 0.384 e. The molecule has 1 heterocycles. The minimum atomic E-state index is -0.0465. The van der Waals surface area contributed by atoms with Crippen LogP contribution in [-0.2, 0) is 9.53 Å². The lowest BCUT2D eigenvalue weighted by molar-refractivity contribution is -0.122. The number of hydrogen-bond acceptors (Lipinski definition) is 3. The van der Waals surface area contributed by atoms with Gasteiger partial charge in [0.1, 0.15) is 0 Å². The molecular weight excluding hydrogens is 304 g/mol. The topological polar surface area (TPSA) is 58.6 Å². The predicted molar refractivity (Wildman–Crippen MR) is 85.0 cm³/mol. The molecule has 0 aliphatic carbocycles. The van der Waals surface area contributed by atoms with Crippen molar-refractivity contribution < 1.29 is 14.3 Å². The van der Waals surface area contributed by atoms with Gasteiger partial charge in [0, 0.05) is 32.7 Å². The molecule has 1 aromatic rings. The van der Waals surface area contributed by atoms with E-state index in [2.05, 4.69) is 5.32 Å². The molecule has 0 radical (unpaired) electrons. The first kappa shape index (κ1) is 16.8. The molecule has 1 N–H and O–H groups in total. The number of carbonyl (C=O) groups is 2. The first-order chi connectivity index (χ1) is 10.6. The van der Waals surface area contributed by atoms with Crippen LogP contribution < -0.4 is 5.32 Å². The Bertz CT molecular complexity index is 528. The van der Waals surface area contributed by atoms with Crippen LogP contribution in [0.25, 0.3) is 0 Å². The number of ether oxygens (including phenoxy) is 1. The summed E-state index contributed by atoms with van der Waals surface area (Å²) in [7, 11) is 1.58. The van der Waals surface area contributed by atoms with E-state index in [0.29, 0.717) is 36.7 Å². The Kier molecular flexibility index (Phi) is 6.21. The number of halogens is 1. The number of benzene rings is 1. The molecule has 5 nitrogen and oxygen atoms in total. The van der Waals surface area contributed by atoms with Crippen molar-refractivity contribution in [1.29, 1.82) is 0 Å². The molecule has 1 aliphatic heterocycles. The number of carbonyl (C=O) groups excluding carboxylic acids is 2. The molecule has 0 bridgehead atoms. The Labute approximate surface area is 135 Å². The van der Waals surface area contributed by atoms with E-state index in [1.807, 2.05) is 6.07 Å². The van der Waals surface area contributed by atoms with Gasteiger partial charge < -0.3 is 15.0 Å². The summed E-state index contributed by atoms with van der Waals surface area (Å²) in [5, 5.41) is 3.46. The Morgan fingerprint density at radius 3 is 2.64 bits per heavy atom. The fourth-order valence-electron chi connectivity index (χ4n) is 2.53. The monoisotopic (exact) mass is 324 g/mol. The van der Waals surface area contributed by atoms with Crippen molar-refractivity contribution >= 4 is 23.4 Å². The van der Waals surface area contributed by atoms with Gasteiger partial charge in [-0.15, -0.1) is 0 Å². The maximum Gasteiger partial charge on any atom is 0.255 e. The molecule has 120 valence electrons. The van der Waals surface area contributed by atoms with E-state index in [4.69, 9.17) is 16.3 Å². The summed E-state index contributed by atoms with van der Waals surface area (Å²) in [5.74, 6) is -0.0486. The minimum Gasteiger partial charge on any atom is -0.384 e. The maximum atomic E-state index is 12.4. The SMILES string of the molecule is COCCC(=O)NC1CCN(C(=O)c2ccccc2Cl)CC1. The Morgan fingerprint density at radius 2 is 2.00 bits per heavy atom. The van der Waals surface area contributed by atoms with Gasteiger partial charge in [-0.25, -0.2) is 0 Å². The number of hydrogen-bond donors (Lipinski definition) is 1. The van der Waals surface area contributed by atoms with Gasteiger partial charge in [-0.1, -0.05) is 23.7 Å². The summed E-state index contributed by atoms with van der Waals surface area (Å²) in [5.41, 5.74) is 0.534. The number of piperidine rings is 1. The van der Waals surface area contributed by atoms with Crippen molar-refractivity contribution in [3.63, 3.8) is 0 Å². The standard InChI is InChI=1S/C16H21ClN2O3/c1-22-11-8-15(20)18-12-6-9-19(10-7-12)16(21)13-4-2-3-5-14(13)17/h2-5,12H,6-11H2,1H3,(H,18,20). The second-order valence-corrected chi connectivity index (χ2v) is 5.76. The average molecular weight is 325 g/mol. The number of nitrogens with one attached hydrogen (secondary N) is 1. The van der Waals surface area contributed by atoms with E-state index >= 15 is 0 Å². The molecule has 0 spiro atoms. The first-order valence-electron chi connectivity index (χ1n) is 7.44. The lowest BCUT2D eigenvalue weighted by atomic mass is 10.0. The fourth-order valence-corrected chi connectivity index (χ4v) is 2.74.